The predicted molar refractivity (Wildman–Crippen MR) is 79.4 cm³/mol. The van der Waals surface area contributed by atoms with E-state index in [1.165, 1.54) is 31.2 Å². The number of carbonyl (C=O) groups excluding carboxylic acids is 2. The number of hydrogen-bond acceptors (Lipinski definition) is 5. The van der Waals surface area contributed by atoms with Crippen molar-refractivity contribution in [2.24, 2.45) is 0 Å². The minimum atomic E-state index is -3.96. The maximum atomic E-state index is 12.2. The first-order valence-electron chi connectivity index (χ1n) is 6.87. The molecule has 0 spiro atoms. The third-order valence-electron chi connectivity index (χ3n) is 2.91. The van der Waals surface area contributed by atoms with Gasteiger partial charge in [0.05, 0.1) is 16.9 Å². The van der Waals surface area contributed by atoms with E-state index >= 15 is 0 Å². The van der Waals surface area contributed by atoms with Crippen molar-refractivity contribution in [2.75, 3.05) is 5.32 Å². The van der Waals surface area contributed by atoms with Crippen LogP contribution in [0.5, 0.6) is 0 Å². The molecule has 2 N–H and O–H groups in total. The van der Waals surface area contributed by atoms with Crippen molar-refractivity contribution < 1.29 is 23.1 Å². The normalized spacial score (nSPS) is 12.6. The average Bonchev–Trinajstić information content (AvgIpc) is 2.43. The minimum Gasteiger partial charge on any atom is -0.548 e. The van der Waals surface area contributed by atoms with E-state index in [0.717, 1.165) is 6.42 Å². The summed E-state index contributed by atoms with van der Waals surface area (Å²) >= 11 is 0. The van der Waals surface area contributed by atoms with E-state index in [9.17, 15) is 23.1 Å². The van der Waals surface area contributed by atoms with Gasteiger partial charge >= 0.3 is 0 Å². The number of sulfonamides is 1. The van der Waals surface area contributed by atoms with Crippen LogP contribution in [0.15, 0.2) is 29.2 Å². The lowest BCUT2D eigenvalue weighted by atomic mass is 10.1. The van der Waals surface area contributed by atoms with Crippen molar-refractivity contribution >= 4 is 27.6 Å². The number of rotatable bonds is 8. The molecule has 0 aliphatic heterocycles. The maximum absolute atomic E-state index is 12.2. The fourth-order valence-electron chi connectivity index (χ4n) is 1.81. The summed E-state index contributed by atoms with van der Waals surface area (Å²) in [6, 6.07) is 4.17. The lowest BCUT2D eigenvalue weighted by Crippen LogP contribution is -2.47. The molecule has 0 radical (unpaired) electrons. The molecule has 1 amide bonds. The molecule has 1 rings (SSSR count). The van der Waals surface area contributed by atoms with Crippen molar-refractivity contribution in [3.63, 3.8) is 0 Å². The van der Waals surface area contributed by atoms with Gasteiger partial charge in [0.1, 0.15) is 0 Å². The Morgan fingerprint density at radius 1 is 1.23 bits per heavy atom. The van der Waals surface area contributed by atoms with Gasteiger partial charge in [-0.1, -0.05) is 19.8 Å². The Kier molecular flexibility index (Phi) is 6.51. The van der Waals surface area contributed by atoms with Crippen LogP contribution in [-0.2, 0) is 19.6 Å². The predicted octanol–water partition coefficient (Wildman–Crippen LogP) is 0.232. The first kappa shape index (κ1) is 18.1. The molecule has 0 fully saturated rings. The summed E-state index contributed by atoms with van der Waals surface area (Å²) < 4.78 is 26.4. The SMILES string of the molecule is CCCC[C@H](NS(=O)(=O)c1ccc(NC(C)=O)cc1)C(=O)[O-]. The zero-order chi connectivity index (χ0) is 16.8. The van der Waals surface area contributed by atoms with Gasteiger partial charge in [0.25, 0.3) is 0 Å². The number of carboxylic acids is 1. The number of carbonyl (C=O) groups is 2. The summed E-state index contributed by atoms with van der Waals surface area (Å²) in [5.74, 6) is -1.72. The Bertz CT molecular complexity index is 625. The Morgan fingerprint density at radius 2 is 1.82 bits per heavy atom. The summed E-state index contributed by atoms with van der Waals surface area (Å²) in [6.07, 6.45) is 1.49. The lowest BCUT2D eigenvalue weighted by Gasteiger charge is -2.19. The van der Waals surface area contributed by atoms with E-state index in [4.69, 9.17) is 0 Å². The summed E-state index contributed by atoms with van der Waals surface area (Å²) in [4.78, 5) is 21.8. The van der Waals surface area contributed by atoms with E-state index < -0.39 is 22.0 Å². The number of aliphatic carboxylic acids is 1. The topological polar surface area (TPSA) is 115 Å². The molecule has 1 aromatic rings. The van der Waals surface area contributed by atoms with Crippen LogP contribution in [0.2, 0.25) is 0 Å². The second-order valence-electron chi connectivity index (χ2n) is 4.84. The number of nitrogens with one attached hydrogen (secondary N) is 2. The molecule has 0 aliphatic carbocycles. The molecule has 8 heteroatoms. The molecule has 0 aromatic heterocycles. The van der Waals surface area contributed by atoms with E-state index in [2.05, 4.69) is 10.0 Å². The highest BCUT2D eigenvalue weighted by Gasteiger charge is 2.20. The van der Waals surface area contributed by atoms with Crippen molar-refractivity contribution in [3.05, 3.63) is 24.3 Å². The zero-order valence-corrected chi connectivity index (χ0v) is 13.3. The maximum Gasteiger partial charge on any atom is 0.241 e. The first-order valence-corrected chi connectivity index (χ1v) is 8.35. The molecule has 22 heavy (non-hydrogen) atoms. The van der Waals surface area contributed by atoms with Gasteiger partial charge in [0.2, 0.25) is 15.9 Å². The highest BCUT2D eigenvalue weighted by molar-refractivity contribution is 7.89. The molecular weight excluding hydrogens is 308 g/mol. The van der Waals surface area contributed by atoms with Gasteiger partial charge in [-0.15, -0.1) is 0 Å². The molecule has 7 nitrogen and oxygen atoms in total. The van der Waals surface area contributed by atoms with Crippen LogP contribution in [0.1, 0.15) is 33.1 Å². The monoisotopic (exact) mass is 327 g/mol. The number of carboxylic acid groups (broad SMARTS) is 1. The van der Waals surface area contributed by atoms with Crippen LogP contribution >= 0.6 is 0 Å². The van der Waals surface area contributed by atoms with Crippen LogP contribution in [0.25, 0.3) is 0 Å². The molecule has 0 bridgehead atoms. The van der Waals surface area contributed by atoms with E-state index in [1.807, 2.05) is 6.92 Å². The summed E-state index contributed by atoms with van der Waals surface area (Å²) in [6.45, 7) is 3.21. The Balaban J connectivity index is 2.88. The van der Waals surface area contributed by atoms with Gasteiger partial charge in [-0.2, -0.15) is 0 Å². The molecule has 0 aliphatic rings. The third-order valence-corrected chi connectivity index (χ3v) is 4.40. The molecule has 1 atom stereocenters. The standard InChI is InChI=1S/C14H20N2O5S/c1-3-4-5-13(14(18)19)16-22(20,21)12-8-6-11(7-9-12)15-10(2)17/h6-9,13,16H,3-5H2,1-2H3,(H,15,17)(H,18,19)/p-1/t13-/m0/s1. The van der Waals surface area contributed by atoms with Crippen molar-refractivity contribution in [2.45, 2.75) is 44.0 Å². The molecule has 0 saturated heterocycles. The summed E-state index contributed by atoms with van der Waals surface area (Å²) in [7, 11) is -3.96. The molecule has 0 saturated carbocycles. The molecule has 0 heterocycles. The Morgan fingerprint density at radius 3 is 2.27 bits per heavy atom. The van der Waals surface area contributed by atoms with Crippen LogP contribution in [-0.4, -0.2) is 26.3 Å². The van der Waals surface area contributed by atoms with E-state index in [-0.39, 0.29) is 17.2 Å². The number of amides is 1. The number of hydrogen-bond donors (Lipinski definition) is 2. The van der Waals surface area contributed by atoms with Gasteiger partial charge in [0, 0.05) is 12.6 Å². The Labute approximate surface area is 129 Å². The number of anilines is 1. The number of unbranched alkanes of at least 4 members (excludes halogenated alkanes) is 1. The van der Waals surface area contributed by atoms with Crippen LogP contribution in [0.3, 0.4) is 0 Å². The van der Waals surface area contributed by atoms with Gasteiger partial charge in [-0.3, -0.25) is 4.79 Å². The second-order valence-corrected chi connectivity index (χ2v) is 6.55. The van der Waals surface area contributed by atoms with E-state index in [0.29, 0.717) is 12.1 Å². The van der Waals surface area contributed by atoms with Crippen LogP contribution in [0.4, 0.5) is 5.69 Å². The van der Waals surface area contributed by atoms with Gasteiger partial charge in [0.15, 0.2) is 0 Å². The third kappa shape index (κ3) is 5.45. The zero-order valence-electron chi connectivity index (χ0n) is 12.5. The average molecular weight is 327 g/mol. The van der Waals surface area contributed by atoms with Crippen molar-refractivity contribution in [3.8, 4) is 0 Å². The first-order chi connectivity index (χ1) is 10.3. The van der Waals surface area contributed by atoms with E-state index in [1.54, 1.807) is 0 Å². The quantitative estimate of drug-likeness (QED) is 0.709. The van der Waals surface area contributed by atoms with Crippen LogP contribution < -0.4 is 15.1 Å². The fraction of sp³-hybridized carbons (Fsp3) is 0.429. The highest BCUT2D eigenvalue weighted by atomic mass is 32.2. The largest absolute Gasteiger partial charge is 0.548 e. The van der Waals surface area contributed by atoms with Crippen molar-refractivity contribution in [1.29, 1.82) is 0 Å². The molecule has 122 valence electrons. The lowest BCUT2D eigenvalue weighted by molar-refractivity contribution is -0.308. The summed E-state index contributed by atoms with van der Waals surface area (Å²) in [5, 5.41) is 13.5. The molecular formula is C14H19N2O5S-. The Hall–Kier alpha value is -1.93. The van der Waals surface area contributed by atoms with Gasteiger partial charge in [-0.05, 0) is 30.7 Å². The molecule has 0 unspecified atom stereocenters. The number of benzene rings is 1. The van der Waals surface area contributed by atoms with Crippen molar-refractivity contribution in [1.82, 2.24) is 4.72 Å². The second kappa shape index (κ2) is 7.90. The summed E-state index contributed by atoms with van der Waals surface area (Å²) in [5.41, 5.74) is 0.453. The van der Waals surface area contributed by atoms with Gasteiger partial charge in [-0.25, -0.2) is 13.1 Å². The molecule has 1 aromatic carbocycles. The smallest absolute Gasteiger partial charge is 0.241 e. The van der Waals surface area contributed by atoms with Crippen LogP contribution in [0, 0.1) is 0 Å². The highest BCUT2D eigenvalue weighted by Crippen LogP contribution is 2.15. The fourth-order valence-corrected chi connectivity index (χ4v) is 3.03. The minimum absolute atomic E-state index is 0.0793. The van der Waals surface area contributed by atoms with Gasteiger partial charge < -0.3 is 15.2 Å².